The third kappa shape index (κ3) is 4.64. The largest absolute Gasteiger partial charge is 0.352 e. The van der Waals surface area contributed by atoms with Gasteiger partial charge in [0.05, 0.1) is 5.56 Å². The highest BCUT2D eigenvalue weighted by Gasteiger charge is 2.21. The Bertz CT molecular complexity index is 773. The summed E-state index contributed by atoms with van der Waals surface area (Å²) in [5.41, 5.74) is 0.405. The molecule has 26 heavy (non-hydrogen) atoms. The average molecular weight is 362 g/mol. The van der Waals surface area contributed by atoms with Crippen LogP contribution in [0.1, 0.15) is 28.8 Å². The van der Waals surface area contributed by atoms with Gasteiger partial charge in [-0.1, -0.05) is 18.2 Å². The molecule has 1 saturated heterocycles. The molecule has 3 rings (SSSR count). The fourth-order valence-electron chi connectivity index (χ4n) is 3.22. The van der Waals surface area contributed by atoms with Gasteiger partial charge in [-0.2, -0.15) is 0 Å². The van der Waals surface area contributed by atoms with Crippen molar-refractivity contribution in [3.05, 3.63) is 71.0 Å². The summed E-state index contributed by atoms with van der Waals surface area (Å²) in [4.78, 5) is 14.2. The average Bonchev–Trinajstić information content (AvgIpc) is 2.65. The number of hydrogen-bond donors (Lipinski definition) is 1. The highest BCUT2D eigenvalue weighted by molar-refractivity contribution is 5.94. The minimum Gasteiger partial charge on any atom is -0.352 e. The quantitative estimate of drug-likeness (QED) is 0.879. The number of hydrogen-bond acceptors (Lipinski definition) is 2. The Morgan fingerprint density at radius 3 is 2.50 bits per heavy atom. The second-order valence-corrected chi connectivity index (χ2v) is 6.65. The molecule has 3 nitrogen and oxygen atoms in total. The van der Waals surface area contributed by atoms with Crippen LogP contribution in [0.5, 0.6) is 0 Å². The topological polar surface area (TPSA) is 32.3 Å². The predicted octanol–water partition coefficient (Wildman–Crippen LogP) is 3.75. The molecule has 0 radical (unpaired) electrons. The molecule has 2 aromatic carbocycles. The number of carbonyl (C=O) groups excluding carboxylic acids is 1. The molecule has 0 unspecified atom stereocenters. The summed E-state index contributed by atoms with van der Waals surface area (Å²) in [6.07, 6.45) is 1.72. The smallest absolute Gasteiger partial charge is 0.254 e. The summed E-state index contributed by atoms with van der Waals surface area (Å²) in [6.45, 7) is 2.61. The molecule has 1 aliphatic rings. The number of halogens is 3. The summed E-state index contributed by atoms with van der Waals surface area (Å²) in [6, 6.07) is 9.59. The van der Waals surface area contributed by atoms with Gasteiger partial charge in [0.2, 0.25) is 0 Å². The lowest BCUT2D eigenvalue weighted by atomic mass is 9.96. The van der Waals surface area contributed by atoms with Crippen LogP contribution in [-0.4, -0.2) is 30.4 Å². The summed E-state index contributed by atoms with van der Waals surface area (Å²) in [5.74, 6) is -1.90. The fraction of sp³-hybridized carbons (Fsp3) is 0.350. The second-order valence-electron chi connectivity index (χ2n) is 6.65. The Labute approximate surface area is 150 Å². The van der Waals surface area contributed by atoms with Crippen molar-refractivity contribution in [1.82, 2.24) is 10.2 Å². The van der Waals surface area contributed by atoms with Crippen molar-refractivity contribution in [2.75, 3.05) is 19.6 Å². The van der Waals surface area contributed by atoms with E-state index in [9.17, 15) is 18.0 Å². The maximum Gasteiger partial charge on any atom is 0.254 e. The van der Waals surface area contributed by atoms with Gasteiger partial charge in [0.1, 0.15) is 17.5 Å². The molecule has 0 aliphatic carbocycles. The Hall–Kier alpha value is -2.34. The first kappa shape index (κ1) is 18.5. The van der Waals surface area contributed by atoms with Crippen LogP contribution in [0.4, 0.5) is 13.2 Å². The number of carbonyl (C=O) groups is 1. The minimum atomic E-state index is -0.733. The minimum absolute atomic E-state index is 0.195. The molecule has 1 fully saturated rings. The van der Waals surface area contributed by atoms with Crippen LogP contribution in [0.3, 0.4) is 0 Å². The number of nitrogens with zero attached hydrogens (tertiary/aromatic N) is 1. The number of nitrogens with one attached hydrogen (secondary N) is 1. The first-order chi connectivity index (χ1) is 12.5. The fourth-order valence-corrected chi connectivity index (χ4v) is 3.22. The third-order valence-corrected chi connectivity index (χ3v) is 4.78. The van der Waals surface area contributed by atoms with Crippen molar-refractivity contribution in [3.63, 3.8) is 0 Å². The molecule has 1 amide bonds. The van der Waals surface area contributed by atoms with Crippen molar-refractivity contribution in [2.45, 2.75) is 19.4 Å². The van der Waals surface area contributed by atoms with E-state index in [2.05, 4.69) is 10.2 Å². The molecule has 0 bridgehead atoms. The monoisotopic (exact) mass is 362 g/mol. The number of piperidine rings is 1. The number of likely N-dealkylation sites (tertiary alicyclic amines) is 1. The molecular weight excluding hydrogens is 341 g/mol. The number of rotatable bonds is 5. The normalized spacial score (nSPS) is 15.8. The SMILES string of the molecule is O=C(NCC1CCN(Cc2ccccc2F)CC1)c1cc(F)ccc1F. The van der Waals surface area contributed by atoms with Crippen molar-refractivity contribution in [2.24, 2.45) is 5.92 Å². The second kappa shape index (κ2) is 8.36. The summed E-state index contributed by atoms with van der Waals surface area (Å²) < 4.78 is 40.5. The van der Waals surface area contributed by atoms with Crippen molar-refractivity contribution < 1.29 is 18.0 Å². The van der Waals surface area contributed by atoms with Crippen LogP contribution in [0.25, 0.3) is 0 Å². The highest BCUT2D eigenvalue weighted by atomic mass is 19.1. The van der Waals surface area contributed by atoms with E-state index in [4.69, 9.17) is 0 Å². The Kier molecular flexibility index (Phi) is 5.93. The molecule has 0 spiro atoms. The zero-order valence-electron chi connectivity index (χ0n) is 14.4. The maximum absolute atomic E-state index is 13.7. The Balaban J connectivity index is 1.46. The maximum atomic E-state index is 13.7. The predicted molar refractivity (Wildman–Crippen MR) is 93.1 cm³/mol. The van der Waals surface area contributed by atoms with Gasteiger partial charge in [-0.25, -0.2) is 13.2 Å². The van der Waals surface area contributed by atoms with Gasteiger partial charge >= 0.3 is 0 Å². The molecule has 138 valence electrons. The zero-order valence-corrected chi connectivity index (χ0v) is 14.4. The molecule has 1 aliphatic heterocycles. The summed E-state index contributed by atoms with van der Waals surface area (Å²) in [5, 5.41) is 2.69. The van der Waals surface area contributed by atoms with Crippen molar-refractivity contribution >= 4 is 5.91 Å². The van der Waals surface area contributed by atoms with E-state index in [1.54, 1.807) is 12.1 Å². The lowest BCUT2D eigenvalue weighted by Gasteiger charge is -2.32. The molecule has 2 aromatic rings. The van der Waals surface area contributed by atoms with Crippen molar-refractivity contribution in [1.29, 1.82) is 0 Å². The third-order valence-electron chi connectivity index (χ3n) is 4.78. The number of benzene rings is 2. The van der Waals surface area contributed by atoms with Crippen LogP contribution < -0.4 is 5.32 Å². The molecule has 0 aromatic heterocycles. The Morgan fingerprint density at radius 2 is 1.77 bits per heavy atom. The van der Waals surface area contributed by atoms with E-state index in [0.717, 1.165) is 44.1 Å². The standard InChI is InChI=1S/C20H21F3N2O/c21-16-5-6-19(23)17(11-16)20(26)24-12-14-7-9-25(10-8-14)13-15-3-1-2-4-18(15)22/h1-6,11,14H,7-10,12-13H2,(H,24,26). The summed E-state index contributed by atoms with van der Waals surface area (Å²) >= 11 is 0. The molecule has 0 atom stereocenters. The molecule has 0 saturated carbocycles. The van der Waals surface area contributed by atoms with Gasteiger partial charge in [0.25, 0.3) is 5.91 Å². The lowest BCUT2D eigenvalue weighted by molar-refractivity contribution is 0.0930. The van der Waals surface area contributed by atoms with Gasteiger partial charge in [-0.15, -0.1) is 0 Å². The van der Waals surface area contributed by atoms with Crippen LogP contribution in [0, 0.1) is 23.4 Å². The van der Waals surface area contributed by atoms with Crippen LogP contribution in [-0.2, 0) is 6.54 Å². The van der Waals surface area contributed by atoms with E-state index in [0.29, 0.717) is 18.7 Å². The van der Waals surface area contributed by atoms with Gasteiger partial charge < -0.3 is 5.32 Å². The number of amides is 1. The van der Waals surface area contributed by atoms with E-state index in [1.807, 2.05) is 6.07 Å². The molecule has 1 heterocycles. The zero-order chi connectivity index (χ0) is 18.5. The van der Waals surface area contributed by atoms with E-state index >= 15 is 0 Å². The summed E-state index contributed by atoms with van der Waals surface area (Å²) in [7, 11) is 0. The lowest BCUT2D eigenvalue weighted by Crippen LogP contribution is -2.38. The molecule has 6 heteroatoms. The van der Waals surface area contributed by atoms with Crippen LogP contribution >= 0.6 is 0 Å². The first-order valence-electron chi connectivity index (χ1n) is 8.72. The van der Waals surface area contributed by atoms with E-state index in [1.165, 1.54) is 6.07 Å². The Morgan fingerprint density at radius 1 is 1.04 bits per heavy atom. The molecular formula is C20H21F3N2O. The van der Waals surface area contributed by atoms with Crippen molar-refractivity contribution in [3.8, 4) is 0 Å². The van der Waals surface area contributed by atoms with Crippen LogP contribution in [0.2, 0.25) is 0 Å². The van der Waals surface area contributed by atoms with Gasteiger partial charge in [0, 0.05) is 18.7 Å². The van der Waals surface area contributed by atoms with Crippen LogP contribution in [0.15, 0.2) is 42.5 Å². The molecule has 1 N–H and O–H groups in total. The van der Waals surface area contributed by atoms with Gasteiger partial charge in [0.15, 0.2) is 0 Å². The van der Waals surface area contributed by atoms with E-state index < -0.39 is 17.5 Å². The van der Waals surface area contributed by atoms with Gasteiger partial charge in [-0.05, 0) is 56.1 Å². The first-order valence-corrected chi connectivity index (χ1v) is 8.72. The van der Waals surface area contributed by atoms with Gasteiger partial charge in [-0.3, -0.25) is 9.69 Å². The van der Waals surface area contributed by atoms with E-state index in [-0.39, 0.29) is 17.3 Å². The highest BCUT2D eigenvalue weighted by Crippen LogP contribution is 2.20.